The Hall–Kier alpha value is -2.44. The summed E-state index contributed by atoms with van der Waals surface area (Å²) in [5, 5.41) is 14.6. The number of hydrogen-bond acceptors (Lipinski definition) is 5. The zero-order valence-electron chi connectivity index (χ0n) is 12.8. The Balaban J connectivity index is 1.68. The van der Waals surface area contributed by atoms with E-state index in [0.717, 1.165) is 32.7 Å². The molecule has 0 spiro atoms. The molecule has 2 aromatic carbocycles. The Kier molecular flexibility index (Phi) is 3.92. The smallest absolute Gasteiger partial charge is 0.234 e. The second-order valence-electron chi connectivity index (χ2n) is 5.22. The van der Waals surface area contributed by atoms with Crippen LogP contribution in [0, 0.1) is 0 Å². The molecule has 120 valence electrons. The number of aromatic nitrogens is 4. The number of rotatable bonds is 4. The summed E-state index contributed by atoms with van der Waals surface area (Å²) in [7, 11) is 1.66. The molecular weight excluding hydrogens is 344 g/mol. The first-order valence-electron chi connectivity index (χ1n) is 7.33. The van der Waals surface area contributed by atoms with Crippen LogP contribution in [-0.2, 0) is 6.42 Å². The molecule has 5 nitrogen and oxygen atoms in total. The van der Waals surface area contributed by atoms with Crippen LogP contribution in [0.3, 0.4) is 0 Å². The fourth-order valence-electron chi connectivity index (χ4n) is 2.44. The molecule has 0 aliphatic heterocycles. The molecule has 24 heavy (non-hydrogen) atoms. The molecule has 0 aliphatic carbocycles. The van der Waals surface area contributed by atoms with Gasteiger partial charge in [-0.2, -0.15) is 9.61 Å². The summed E-state index contributed by atoms with van der Waals surface area (Å²) in [6.07, 6.45) is 0.650. The summed E-state index contributed by atoms with van der Waals surface area (Å²) in [6, 6.07) is 15.6. The summed E-state index contributed by atoms with van der Waals surface area (Å²) in [5.41, 5.74) is 2.03. The molecule has 0 N–H and O–H groups in total. The standard InChI is InChI=1S/C17H13ClN4OS/c1-23-12-8-6-11(7-9-12)10-15-19-20-17-22(15)21-16(24-17)13-4-2-3-5-14(13)18/h2-9H,10H2,1H3. The lowest BCUT2D eigenvalue weighted by Gasteiger charge is -2.02. The van der Waals surface area contributed by atoms with Crippen LogP contribution < -0.4 is 4.74 Å². The summed E-state index contributed by atoms with van der Waals surface area (Å²) >= 11 is 7.74. The third-order valence-electron chi connectivity index (χ3n) is 3.68. The van der Waals surface area contributed by atoms with Crippen molar-refractivity contribution in [3.8, 4) is 16.3 Å². The second kappa shape index (κ2) is 6.22. The number of fused-ring (bicyclic) bond motifs is 1. The molecule has 0 radical (unpaired) electrons. The van der Waals surface area contributed by atoms with Crippen LogP contribution in [0.4, 0.5) is 0 Å². The van der Waals surface area contributed by atoms with Crippen molar-refractivity contribution in [2.45, 2.75) is 6.42 Å². The van der Waals surface area contributed by atoms with E-state index in [-0.39, 0.29) is 0 Å². The summed E-state index contributed by atoms with van der Waals surface area (Å²) in [5.74, 6) is 1.63. The summed E-state index contributed by atoms with van der Waals surface area (Å²) in [4.78, 5) is 0.758. The third kappa shape index (κ3) is 2.74. The van der Waals surface area contributed by atoms with Crippen molar-refractivity contribution < 1.29 is 4.74 Å². The first kappa shape index (κ1) is 15.1. The largest absolute Gasteiger partial charge is 0.497 e. The van der Waals surface area contributed by atoms with Gasteiger partial charge in [0.2, 0.25) is 4.96 Å². The highest BCUT2D eigenvalue weighted by molar-refractivity contribution is 7.19. The Morgan fingerprint density at radius 1 is 1.08 bits per heavy atom. The summed E-state index contributed by atoms with van der Waals surface area (Å²) < 4.78 is 6.97. The van der Waals surface area contributed by atoms with Gasteiger partial charge < -0.3 is 4.74 Å². The Morgan fingerprint density at radius 3 is 2.62 bits per heavy atom. The molecule has 0 unspecified atom stereocenters. The lowest BCUT2D eigenvalue weighted by Crippen LogP contribution is -1.98. The van der Waals surface area contributed by atoms with Crippen molar-refractivity contribution in [1.29, 1.82) is 0 Å². The Bertz CT molecular complexity index is 993. The first-order valence-corrected chi connectivity index (χ1v) is 8.53. The van der Waals surface area contributed by atoms with Crippen LogP contribution in [0.2, 0.25) is 5.02 Å². The minimum Gasteiger partial charge on any atom is -0.497 e. The quantitative estimate of drug-likeness (QED) is 0.552. The van der Waals surface area contributed by atoms with Gasteiger partial charge in [-0.25, -0.2) is 0 Å². The molecule has 2 heterocycles. The minimum atomic E-state index is 0.650. The van der Waals surface area contributed by atoms with Gasteiger partial charge >= 0.3 is 0 Å². The maximum absolute atomic E-state index is 6.26. The zero-order chi connectivity index (χ0) is 16.5. The maximum Gasteiger partial charge on any atom is 0.234 e. The van der Waals surface area contributed by atoms with Crippen LogP contribution in [0.1, 0.15) is 11.4 Å². The average Bonchev–Trinajstić information content (AvgIpc) is 3.18. The van der Waals surface area contributed by atoms with Crippen molar-refractivity contribution in [3.05, 3.63) is 64.9 Å². The molecule has 0 amide bonds. The van der Waals surface area contributed by atoms with Crippen molar-refractivity contribution >= 4 is 27.9 Å². The highest BCUT2D eigenvalue weighted by Crippen LogP contribution is 2.31. The first-order chi connectivity index (χ1) is 11.7. The van der Waals surface area contributed by atoms with Gasteiger partial charge in [-0.1, -0.05) is 53.3 Å². The minimum absolute atomic E-state index is 0.650. The van der Waals surface area contributed by atoms with Crippen LogP contribution in [-0.4, -0.2) is 26.9 Å². The molecular formula is C17H13ClN4OS. The number of halogens is 1. The fourth-order valence-corrected chi connectivity index (χ4v) is 3.62. The van der Waals surface area contributed by atoms with Gasteiger partial charge in [0.15, 0.2) is 5.82 Å². The van der Waals surface area contributed by atoms with Crippen molar-refractivity contribution in [2.24, 2.45) is 0 Å². The van der Waals surface area contributed by atoms with Crippen LogP contribution in [0.25, 0.3) is 15.5 Å². The van der Waals surface area contributed by atoms with Gasteiger partial charge in [0, 0.05) is 12.0 Å². The van der Waals surface area contributed by atoms with Crippen molar-refractivity contribution in [1.82, 2.24) is 19.8 Å². The molecule has 0 aliphatic rings. The van der Waals surface area contributed by atoms with Crippen molar-refractivity contribution in [2.75, 3.05) is 7.11 Å². The summed E-state index contributed by atoms with van der Waals surface area (Å²) in [6.45, 7) is 0. The topological polar surface area (TPSA) is 52.3 Å². The van der Waals surface area contributed by atoms with E-state index in [1.807, 2.05) is 48.5 Å². The number of hydrogen-bond donors (Lipinski definition) is 0. The predicted octanol–water partition coefficient (Wildman–Crippen LogP) is 4.11. The molecule has 4 rings (SSSR count). The maximum atomic E-state index is 6.26. The number of methoxy groups -OCH3 is 1. The average molecular weight is 357 g/mol. The molecule has 2 aromatic heterocycles. The third-order valence-corrected chi connectivity index (χ3v) is 4.94. The van der Waals surface area contributed by atoms with Crippen LogP contribution >= 0.6 is 22.9 Å². The molecule has 0 saturated heterocycles. The van der Waals surface area contributed by atoms with E-state index in [0.29, 0.717) is 11.4 Å². The van der Waals surface area contributed by atoms with Gasteiger partial charge in [-0.3, -0.25) is 0 Å². The molecule has 0 atom stereocenters. The van der Waals surface area contributed by atoms with Gasteiger partial charge in [-0.15, -0.1) is 10.2 Å². The van der Waals surface area contributed by atoms with E-state index in [4.69, 9.17) is 16.3 Å². The Labute approximate surface area is 147 Å². The second-order valence-corrected chi connectivity index (χ2v) is 6.59. The molecule has 4 aromatic rings. The highest BCUT2D eigenvalue weighted by Gasteiger charge is 2.14. The SMILES string of the molecule is COc1ccc(Cc2nnc3sc(-c4ccccc4Cl)nn23)cc1. The van der Waals surface area contributed by atoms with Gasteiger partial charge in [0.25, 0.3) is 0 Å². The van der Waals surface area contributed by atoms with Crippen molar-refractivity contribution in [3.63, 3.8) is 0 Å². The predicted molar refractivity (Wildman–Crippen MR) is 94.9 cm³/mol. The van der Waals surface area contributed by atoms with E-state index < -0.39 is 0 Å². The van der Waals surface area contributed by atoms with Gasteiger partial charge in [0.1, 0.15) is 10.8 Å². The monoisotopic (exact) mass is 356 g/mol. The molecule has 0 fully saturated rings. The van der Waals surface area contributed by atoms with Gasteiger partial charge in [0.05, 0.1) is 12.1 Å². The zero-order valence-corrected chi connectivity index (χ0v) is 14.4. The fraction of sp³-hybridized carbons (Fsp3) is 0.118. The normalized spacial score (nSPS) is 11.1. The lowest BCUT2D eigenvalue weighted by molar-refractivity contribution is 0.414. The van der Waals surface area contributed by atoms with E-state index >= 15 is 0 Å². The Morgan fingerprint density at radius 2 is 1.88 bits per heavy atom. The molecule has 7 heteroatoms. The van der Waals surface area contributed by atoms with E-state index in [9.17, 15) is 0 Å². The van der Waals surface area contributed by atoms with Gasteiger partial charge in [-0.05, 0) is 23.8 Å². The molecule has 0 saturated carbocycles. The molecule has 0 bridgehead atoms. The van der Waals surface area contributed by atoms with Crippen LogP contribution in [0.15, 0.2) is 48.5 Å². The van der Waals surface area contributed by atoms with E-state index in [1.54, 1.807) is 11.6 Å². The van der Waals surface area contributed by atoms with Crippen LogP contribution in [0.5, 0.6) is 5.75 Å². The number of benzene rings is 2. The lowest BCUT2D eigenvalue weighted by atomic mass is 10.1. The highest BCUT2D eigenvalue weighted by atomic mass is 35.5. The van der Waals surface area contributed by atoms with E-state index in [2.05, 4.69) is 15.3 Å². The van der Waals surface area contributed by atoms with E-state index in [1.165, 1.54) is 11.3 Å². The number of ether oxygens (including phenoxy) is 1. The number of nitrogens with zero attached hydrogens (tertiary/aromatic N) is 4.